The molecular formula is C138H86OS2. The quantitative estimate of drug-likeness (QED) is 0.118. The summed E-state index contributed by atoms with van der Waals surface area (Å²) in [6.07, 6.45) is 0. The number of rotatable bonds is 11. The third kappa shape index (κ3) is 15.0. The number of furan rings is 1. The van der Waals surface area contributed by atoms with E-state index in [1.54, 1.807) is 0 Å². The molecule has 3 heterocycles. The highest BCUT2D eigenvalue weighted by molar-refractivity contribution is 7.26. The Hall–Kier alpha value is -17.7. The lowest BCUT2D eigenvalue weighted by atomic mass is 9.89. The maximum absolute atomic E-state index is 6.31. The van der Waals surface area contributed by atoms with Crippen molar-refractivity contribution in [1.82, 2.24) is 0 Å². The van der Waals surface area contributed by atoms with Gasteiger partial charge in [0, 0.05) is 51.1 Å². The fourth-order valence-electron chi connectivity index (χ4n) is 22.0. The molecule has 0 saturated carbocycles. The predicted molar refractivity (Wildman–Crippen MR) is 610 cm³/mol. The van der Waals surface area contributed by atoms with E-state index in [0.717, 1.165) is 33.1 Å². The summed E-state index contributed by atoms with van der Waals surface area (Å²) in [5.74, 6) is 0. The Morgan fingerprint density at radius 2 is 0.277 bits per heavy atom. The van der Waals surface area contributed by atoms with Gasteiger partial charge in [-0.2, -0.15) is 0 Å². The van der Waals surface area contributed by atoms with Crippen LogP contribution in [0.1, 0.15) is 0 Å². The molecule has 1 nitrogen and oxygen atoms in total. The largest absolute Gasteiger partial charge is 0.456 e. The fraction of sp³-hybridized carbons (Fsp3) is 0. The van der Waals surface area contributed by atoms with Crippen LogP contribution in [0.25, 0.3) is 282 Å². The first kappa shape index (κ1) is 82.7. The first-order chi connectivity index (χ1) is 69.8. The summed E-state index contributed by atoms with van der Waals surface area (Å²) >= 11 is 3.75. The van der Waals surface area contributed by atoms with Crippen LogP contribution in [0.3, 0.4) is 0 Å². The second-order valence-electron chi connectivity index (χ2n) is 37.1. The molecule has 0 N–H and O–H groups in total. The Bertz CT molecular complexity index is 9650. The normalized spacial score (nSPS) is 11.7. The fourth-order valence-corrected chi connectivity index (χ4v) is 24.2. The summed E-state index contributed by atoms with van der Waals surface area (Å²) in [7, 11) is 0. The van der Waals surface area contributed by atoms with Crippen LogP contribution in [-0.2, 0) is 0 Å². The minimum absolute atomic E-state index is 0.907. The minimum atomic E-state index is 0.907. The van der Waals surface area contributed by atoms with Crippen molar-refractivity contribution in [2.24, 2.45) is 0 Å². The van der Waals surface area contributed by atoms with Crippen LogP contribution in [0.4, 0.5) is 0 Å². The van der Waals surface area contributed by atoms with E-state index in [-0.39, 0.29) is 0 Å². The van der Waals surface area contributed by atoms with Gasteiger partial charge in [0.25, 0.3) is 0 Å². The predicted octanol–water partition coefficient (Wildman–Crippen LogP) is 40.4. The Morgan fingerprint density at radius 3 is 0.617 bits per heavy atom. The summed E-state index contributed by atoms with van der Waals surface area (Å²) in [6.45, 7) is 0. The van der Waals surface area contributed by atoms with Crippen molar-refractivity contribution >= 4 is 182 Å². The Labute approximate surface area is 823 Å². The van der Waals surface area contributed by atoms with Crippen molar-refractivity contribution in [2.45, 2.75) is 0 Å². The highest BCUT2D eigenvalue weighted by atomic mass is 32.1. The van der Waals surface area contributed by atoms with E-state index >= 15 is 0 Å². The van der Waals surface area contributed by atoms with Gasteiger partial charge in [0.1, 0.15) is 11.2 Å². The number of hydrogen-bond acceptors (Lipinski definition) is 3. The van der Waals surface area contributed by atoms with Crippen LogP contribution in [0, 0.1) is 0 Å². The molecule has 29 rings (SSSR count). The SMILES string of the molecule is c1ccc(-c2cc(-c3ccc4c(c3)oc3ccccc34)cc(-c3ccc4c5ccccc5c5cc(-c6ccccc6)ccc5c4c3)c2)cc1.c1ccc(-c2cc(-c3ccc4c(c3)sc3ccccc34)cc(-c3ccc4c5ccccc5c5cc(-c6ccccc6)ccc5c4c3)c2)cc1.c1ccc(-c2ccc3c(c2)c2ccccc2c2ccc(-c4cccc(-c5ccc6c(c5)sc5ccccc56)c4)cc23)cc1. The standard InChI is InChI=1S/C48H30O.C48H30S.C42H26S/c2*1-3-11-31(12-4-1)33-19-23-42-45(28-33)40-16-8-7-15-39(40)41-22-20-34(29-46(41)42)37-25-36(32-13-5-2-6-14-32)26-38(27-37)35-21-24-44-43-17-9-10-18-47(43)49-48(44)30-35;1-2-9-27(10-3-1)30-17-21-36-39(24-30)34-14-5-4-13-33(34)35-20-18-31(25-40(35)36)28-11-8-12-29(23-28)32-19-22-38-37-15-6-7-16-41(37)43-42(38)26-32/h2*1-30H;1-26H. The summed E-state index contributed by atoms with van der Waals surface area (Å²) in [5.41, 5.74) is 28.6. The van der Waals surface area contributed by atoms with Crippen molar-refractivity contribution in [2.75, 3.05) is 0 Å². The topological polar surface area (TPSA) is 13.1 Å². The molecule has 0 aliphatic heterocycles. The highest BCUT2D eigenvalue weighted by Gasteiger charge is 2.21. The zero-order valence-corrected chi connectivity index (χ0v) is 78.5. The Balaban J connectivity index is 0.000000106. The maximum atomic E-state index is 6.31. The van der Waals surface area contributed by atoms with Crippen LogP contribution in [0.2, 0.25) is 0 Å². The monoisotopic (exact) mass is 1820 g/mol. The van der Waals surface area contributed by atoms with E-state index in [1.807, 2.05) is 34.8 Å². The molecule has 3 aromatic heterocycles. The smallest absolute Gasteiger partial charge is 0.136 e. The molecule has 0 fully saturated rings. The van der Waals surface area contributed by atoms with Gasteiger partial charge in [0.15, 0.2) is 0 Å². The lowest BCUT2D eigenvalue weighted by Gasteiger charge is -2.15. The lowest BCUT2D eigenvalue weighted by molar-refractivity contribution is 0.669. The molecule has 0 radical (unpaired) electrons. The van der Waals surface area contributed by atoms with Crippen molar-refractivity contribution in [3.8, 4) is 122 Å². The average Bonchev–Trinajstić information content (AvgIpc) is 1.52. The van der Waals surface area contributed by atoms with Crippen molar-refractivity contribution in [3.05, 3.63) is 522 Å². The Morgan fingerprint density at radius 1 is 0.0922 bits per heavy atom. The lowest BCUT2D eigenvalue weighted by Crippen LogP contribution is -1.88. The van der Waals surface area contributed by atoms with E-state index in [2.05, 4.69) is 510 Å². The molecule has 0 atom stereocenters. The summed E-state index contributed by atoms with van der Waals surface area (Å²) in [4.78, 5) is 0. The average molecular weight is 1820 g/mol. The molecule has 656 valence electrons. The number of para-hydroxylation sites is 1. The number of fused-ring (bicyclic) bond motifs is 27. The first-order valence-electron chi connectivity index (χ1n) is 48.4. The summed E-state index contributed by atoms with van der Waals surface area (Å²) in [5, 5.41) is 30.8. The molecule has 0 spiro atoms. The van der Waals surface area contributed by atoms with Crippen LogP contribution >= 0.6 is 22.7 Å². The van der Waals surface area contributed by atoms with E-state index in [9.17, 15) is 0 Å². The van der Waals surface area contributed by atoms with E-state index in [1.165, 1.54) is 249 Å². The van der Waals surface area contributed by atoms with Gasteiger partial charge in [-0.1, -0.05) is 400 Å². The molecule has 0 unspecified atom stereocenters. The molecule has 29 aromatic rings. The van der Waals surface area contributed by atoms with Gasteiger partial charge < -0.3 is 4.42 Å². The molecule has 0 aliphatic carbocycles. The van der Waals surface area contributed by atoms with Crippen LogP contribution in [-0.4, -0.2) is 0 Å². The van der Waals surface area contributed by atoms with Gasteiger partial charge in [-0.15, -0.1) is 22.7 Å². The van der Waals surface area contributed by atoms with Gasteiger partial charge in [-0.25, -0.2) is 0 Å². The van der Waals surface area contributed by atoms with Gasteiger partial charge in [-0.05, 0) is 341 Å². The molecule has 3 heteroatoms. The van der Waals surface area contributed by atoms with Crippen molar-refractivity contribution < 1.29 is 4.42 Å². The van der Waals surface area contributed by atoms with Gasteiger partial charge >= 0.3 is 0 Å². The summed E-state index contributed by atoms with van der Waals surface area (Å²) in [6, 6.07) is 191. The number of benzene rings is 26. The molecule has 0 bridgehead atoms. The van der Waals surface area contributed by atoms with Crippen molar-refractivity contribution in [1.29, 1.82) is 0 Å². The van der Waals surface area contributed by atoms with Gasteiger partial charge in [0.2, 0.25) is 0 Å². The van der Waals surface area contributed by atoms with Gasteiger partial charge in [-0.3, -0.25) is 0 Å². The first-order valence-corrected chi connectivity index (χ1v) is 50.1. The zero-order valence-electron chi connectivity index (χ0n) is 76.9. The molecule has 141 heavy (non-hydrogen) atoms. The number of thiophene rings is 2. The van der Waals surface area contributed by atoms with Crippen molar-refractivity contribution in [3.63, 3.8) is 0 Å². The molecule has 0 saturated heterocycles. The molecular weight excluding hydrogens is 1740 g/mol. The number of hydrogen-bond donors (Lipinski definition) is 0. The molecule has 0 amide bonds. The third-order valence-corrected chi connectivity index (χ3v) is 31.2. The molecule has 26 aromatic carbocycles. The summed E-state index contributed by atoms with van der Waals surface area (Å²) < 4.78 is 11.6. The van der Waals surface area contributed by atoms with E-state index in [0.29, 0.717) is 0 Å². The van der Waals surface area contributed by atoms with E-state index in [4.69, 9.17) is 4.42 Å². The highest BCUT2D eigenvalue weighted by Crippen LogP contribution is 2.48. The Kier molecular flexibility index (Phi) is 20.4. The maximum Gasteiger partial charge on any atom is 0.136 e. The van der Waals surface area contributed by atoms with E-state index < -0.39 is 0 Å². The van der Waals surface area contributed by atoms with Crippen LogP contribution in [0.15, 0.2) is 526 Å². The second kappa shape index (κ2) is 34.8. The third-order valence-electron chi connectivity index (χ3n) is 28.9. The van der Waals surface area contributed by atoms with Gasteiger partial charge in [0.05, 0.1) is 0 Å². The molecule has 0 aliphatic rings. The van der Waals surface area contributed by atoms with Crippen LogP contribution in [0.5, 0.6) is 0 Å². The second-order valence-corrected chi connectivity index (χ2v) is 39.3. The minimum Gasteiger partial charge on any atom is -0.456 e. The zero-order chi connectivity index (χ0) is 93.0. The van der Waals surface area contributed by atoms with Crippen LogP contribution < -0.4 is 0 Å².